The zero-order valence-electron chi connectivity index (χ0n) is 20.0. The van der Waals surface area contributed by atoms with Gasteiger partial charge in [0.1, 0.15) is 17.4 Å². The third-order valence-electron chi connectivity index (χ3n) is 4.82. The van der Waals surface area contributed by atoms with Crippen molar-refractivity contribution in [1.29, 1.82) is 0 Å². The Morgan fingerprint density at radius 2 is 1.58 bits per heavy atom. The summed E-state index contributed by atoms with van der Waals surface area (Å²) in [6, 6.07) is 15.4. The molecule has 1 N–H and O–H groups in total. The van der Waals surface area contributed by atoms with Crippen molar-refractivity contribution in [3.63, 3.8) is 0 Å². The number of anilines is 2. The molecule has 1 aliphatic heterocycles. The number of nitrogens with one attached hydrogen (secondary N) is 1. The Labute approximate surface area is 200 Å². The lowest BCUT2D eigenvalue weighted by molar-refractivity contribution is -0.0102. The van der Waals surface area contributed by atoms with E-state index in [0.29, 0.717) is 11.4 Å². The van der Waals surface area contributed by atoms with Gasteiger partial charge in [-0.25, -0.2) is 15.0 Å². The number of aryl methyl sites for hydroxylation is 1. The standard InChI is InChI=1S/C25H32ClN3O4/c1-24(2,3)32-22(30)27-29(23(31)33-25(4,5)6)21-16-11-17-9-7-8-10-20(17)28(21)19-14-12-18(26)13-15-19/h7-10,12-15,21H,11,16H2,1-6H3,(H,27,30). The first-order valence-corrected chi connectivity index (χ1v) is 11.4. The highest BCUT2D eigenvalue weighted by atomic mass is 35.5. The molecule has 0 radical (unpaired) electrons. The van der Waals surface area contributed by atoms with E-state index in [1.54, 1.807) is 53.7 Å². The Morgan fingerprint density at radius 1 is 0.970 bits per heavy atom. The van der Waals surface area contributed by atoms with E-state index < -0.39 is 29.6 Å². The maximum absolute atomic E-state index is 13.3. The average Bonchev–Trinajstić information content (AvgIpc) is 2.69. The van der Waals surface area contributed by atoms with Crippen molar-refractivity contribution in [2.45, 2.75) is 71.8 Å². The molecule has 33 heavy (non-hydrogen) atoms. The van der Waals surface area contributed by atoms with Gasteiger partial charge in [-0.3, -0.25) is 0 Å². The zero-order valence-corrected chi connectivity index (χ0v) is 20.8. The number of carbonyl (C=O) groups is 2. The van der Waals surface area contributed by atoms with Crippen molar-refractivity contribution in [3.05, 3.63) is 59.1 Å². The molecule has 2 aromatic carbocycles. The Balaban J connectivity index is 2.04. The molecule has 2 amide bonds. The normalized spacial score (nSPS) is 16.0. The van der Waals surface area contributed by atoms with Gasteiger partial charge in [0.15, 0.2) is 0 Å². The van der Waals surface area contributed by atoms with Gasteiger partial charge < -0.3 is 14.4 Å². The van der Waals surface area contributed by atoms with Gasteiger partial charge in [0.25, 0.3) is 0 Å². The van der Waals surface area contributed by atoms with Gasteiger partial charge in [-0.2, -0.15) is 5.01 Å². The summed E-state index contributed by atoms with van der Waals surface area (Å²) in [4.78, 5) is 28.0. The van der Waals surface area contributed by atoms with Crippen LogP contribution in [0.15, 0.2) is 48.5 Å². The summed E-state index contributed by atoms with van der Waals surface area (Å²) in [7, 11) is 0. The molecular weight excluding hydrogens is 442 g/mol. The van der Waals surface area contributed by atoms with E-state index in [1.807, 2.05) is 35.2 Å². The number of fused-ring (bicyclic) bond motifs is 1. The van der Waals surface area contributed by atoms with Crippen LogP contribution in [0.4, 0.5) is 21.0 Å². The summed E-state index contributed by atoms with van der Waals surface area (Å²) >= 11 is 6.13. The van der Waals surface area contributed by atoms with Crippen LogP contribution in [0.3, 0.4) is 0 Å². The third-order valence-corrected chi connectivity index (χ3v) is 5.08. The second-order valence-corrected chi connectivity index (χ2v) is 10.4. The summed E-state index contributed by atoms with van der Waals surface area (Å²) in [5.41, 5.74) is 4.08. The Bertz CT molecular complexity index is 996. The second kappa shape index (κ2) is 9.51. The van der Waals surface area contributed by atoms with Gasteiger partial charge in [-0.05, 0) is 90.3 Å². The maximum Gasteiger partial charge on any atom is 0.431 e. The summed E-state index contributed by atoms with van der Waals surface area (Å²) in [5, 5.41) is 1.83. The van der Waals surface area contributed by atoms with Crippen molar-refractivity contribution in [3.8, 4) is 0 Å². The lowest BCUT2D eigenvalue weighted by atomic mass is 9.98. The molecule has 0 saturated carbocycles. The number of rotatable bonds is 2. The van der Waals surface area contributed by atoms with Crippen molar-refractivity contribution in [1.82, 2.24) is 10.4 Å². The Hall–Kier alpha value is -2.93. The fourth-order valence-corrected chi connectivity index (χ4v) is 3.77. The number of para-hydroxylation sites is 1. The van der Waals surface area contributed by atoms with Gasteiger partial charge in [0, 0.05) is 16.4 Å². The predicted molar refractivity (Wildman–Crippen MR) is 130 cm³/mol. The smallest absolute Gasteiger partial charge is 0.431 e. The molecule has 3 rings (SSSR count). The molecule has 2 aromatic rings. The van der Waals surface area contributed by atoms with Crippen LogP contribution in [0.5, 0.6) is 0 Å². The van der Waals surface area contributed by atoms with Crippen molar-refractivity contribution >= 4 is 35.2 Å². The van der Waals surface area contributed by atoms with Crippen LogP contribution in [-0.2, 0) is 15.9 Å². The maximum atomic E-state index is 13.3. The molecule has 0 saturated heterocycles. The van der Waals surface area contributed by atoms with Gasteiger partial charge in [-0.1, -0.05) is 29.8 Å². The van der Waals surface area contributed by atoms with E-state index in [9.17, 15) is 9.59 Å². The molecule has 0 spiro atoms. The lowest BCUT2D eigenvalue weighted by Crippen LogP contribution is -2.60. The molecule has 0 aliphatic carbocycles. The van der Waals surface area contributed by atoms with Crippen LogP contribution < -0.4 is 10.3 Å². The number of benzene rings is 2. The molecule has 8 heteroatoms. The highest BCUT2D eigenvalue weighted by Gasteiger charge is 2.38. The molecule has 178 valence electrons. The monoisotopic (exact) mass is 473 g/mol. The molecule has 1 unspecified atom stereocenters. The molecule has 1 atom stereocenters. The molecule has 0 aromatic heterocycles. The van der Waals surface area contributed by atoms with E-state index >= 15 is 0 Å². The highest BCUT2D eigenvalue weighted by molar-refractivity contribution is 6.30. The number of ether oxygens (including phenoxy) is 2. The molecule has 0 fully saturated rings. The Morgan fingerprint density at radius 3 is 2.18 bits per heavy atom. The quantitative estimate of drug-likeness (QED) is 0.509. The minimum atomic E-state index is -0.747. The third kappa shape index (κ3) is 6.54. The summed E-state index contributed by atoms with van der Waals surface area (Å²) in [6.45, 7) is 10.6. The van der Waals surface area contributed by atoms with Crippen LogP contribution in [0.25, 0.3) is 0 Å². The molecule has 7 nitrogen and oxygen atoms in total. The van der Waals surface area contributed by atoms with E-state index in [2.05, 4.69) is 11.5 Å². The first kappa shape index (κ1) is 24.7. The van der Waals surface area contributed by atoms with Crippen molar-refractivity contribution in [2.75, 3.05) is 4.90 Å². The molecule has 1 aliphatic rings. The first-order chi connectivity index (χ1) is 15.3. The fourth-order valence-electron chi connectivity index (χ4n) is 3.64. The first-order valence-electron chi connectivity index (χ1n) is 11.0. The molecule has 0 bridgehead atoms. The molecule has 1 heterocycles. The van der Waals surface area contributed by atoms with Crippen LogP contribution in [0.1, 0.15) is 53.5 Å². The summed E-state index contributed by atoms with van der Waals surface area (Å²) in [5.74, 6) is 0. The van der Waals surface area contributed by atoms with Crippen LogP contribution in [-0.4, -0.2) is 34.6 Å². The number of nitrogens with zero attached hydrogens (tertiary/aromatic N) is 2. The molecular formula is C25H32ClN3O4. The largest absolute Gasteiger partial charge is 0.443 e. The Kier molecular flexibility index (Phi) is 7.12. The van der Waals surface area contributed by atoms with Crippen LogP contribution in [0, 0.1) is 0 Å². The number of hydrogen-bond donors (Lipinski definition) is 1. The summed E-state index contributed by atoms with van der Waals surface area (Å²) in [6.07, 6.45) is -0.669. The topological polar surface area (TPSA) is 71.1 Å². The number of hydrazine groups is 1. The summed E-state index contributed by atoms with van der Waals surface area (Å²) < 4.78 is 11.1. The van der Waals surface area contributed by atoms with Crippen LogP contribution >= 0.6 is 11.6 Å². The van der Waals surface area contributed by atoms with E-state index in [4.69, 9.17) is 21.1 Å². The van der Waals surface area contributed by atoms with E-state index in [-0.39, 0.29) is 0 Å². The average molecular weight is 474 g/mol. The predicted octanol–water partition coefficient (Wildman–Crippen LogP) is 6.43. The highest BCUT2D eigenvalue weighted by Crippen LogP contribution is 2.38. The van der Waals surface area contributed by atoms with Crippen molar-refractivity contribution in [2.24, 2.45) is 0 Å². The zero-order chi connectivity index (χ0) is 24.4. The number of carbonyl (C=O) groups excluding carboxylic acids is 2. The lowest BCUT2D eigenvalue weighted by Gasteiger charge is -2.44. The fraction of sp³-hybridized carbons (Fsp3) is 0.440. The van der Waals surface area contributed by atoms with Gasteiger partial charge in [0.2, 0.25) is 0 Å². The second-order valence-electron chi connectivity index (χ2n) is 9.96. The number of hydrogen-bond acceptors (Lipinski definition) is 5. The van der Waals surface area contributed by atoms with Crippen molar-refractivity contribution < 1.29 is 19.1 Å². The van der Waals surface area contributed by atoms with Gasteiger partial charge >= 0.3 is 12.2 Å². The minimum absolute atomic E-state index is 0.552. The minimum Gasteiger partial charge on any atom is -0.443 e. The van der Waals surface area contributed by atoms with E-state index in [1.165, 1.54) is 5.01 Å². The van der Waals surface area contributed by atoms with Gasteiger partial charge in [0.05, 0.1) is 0 Å². The van der Waals surface area contributed by atoms with Gasteiger partial charge in [-0.15, -0.1) is 0 Å². The number of amides is 2. The van der Waals surface area contributed by atoms with Crippen LogP contribution in [0.2, 0.25) is 5.02 Å². The SMILES string of the molecule is CC(C)(C)OC(=O)NN(C(=O)OC(C)(C)C)C1CCc2ccccc2N1c1ccc(Cl)cc1. The number of halogens is 1. The van der Waals surface area contributed by atoms with E-state index in [0.717, 1.165) is 23.4 Å².